The predicted molar refractivity (Wildman–Crippen MR) is 106 cm³/mol. The van der Waals surface area contributed by atoms with Crippen LogP contribution in [0.1, 0.15) is 68.5 Å². The lowest BCUT2D eigenvalue weighted by Crippen LogP contribution is -2.33. The second-order valence-corrected chi connectivity index (χ2v) is 8.23. The quantitative estimate of drug-likeness (QED) is 0.419. The van der Waals surface area contributed by atoms with Crippen LogP contribution < -0.4 is 4.90 Å². The van der Waals surface area contributed by atoms with Gasteiger partial charge in [-0.3, -0.25) is 9.59 Å². The summed E-state index contributed by atoms with van der Waals surface area (Å²) in [7, 11) is 0. The number of nitrogens with zero attached hydrogens (tertiary/aromatic N) is 1. The number of ketones is 1. The Morgan fingerprint density at radius 1 is 1.04 bits per heavy atom. The largest absolute Gasteiger partial charge is 0.303 e. The van der Waals surface area contributed by atoms with E-state index >= 15 is 0 Å². The van der Waals surface area contributed by atoms with Crippen LogP contribution in [-0.2, 0) is 4.79 Å². The molecule has 0 N–H and O–H groups in total. The monoisotopic (exact) mass is 357 g/mol. The van der Waals surface area contributed by atoms with Gasteiger partial charge in [-0.05, 0) is 18.4 Å². The SMILES string of the molecule is CCCCCCCCC(C)CN1C(=O)C(=O)c2sc3ccccc3c21. The Kier molecular flexibility index (Phi) is 5.89. The van der Waals surface area contributed by atoms with Gasteiger partial charge in [-0.2, -0.15) is 0 Å². The minimum Gasteiger partial charge on any atom is -0.303 e. The lowest BCUT2D eigenvalue weighted by molar-refractivity contribution is -0.114. The number of rotatable bonds is 9. The maximum absolute atomic E-state index is 12.4. The van der Waals surface area contributed by atoms with Crippen molar-refractivity contribution in [2.45, 2.75) is 58.8 Å². The summed E-state index contributed by atoms with van der Waals surface area (Å²) in [6.45, 7) is 5.07. The molecular weight excluding hydrogens is 330 g/mol. The van der Waals surface area contributed by atoms with Crippen molar-refractivity contribution in [3.05, 3.63) is 29.1 Å². The third kappa shape index (κ3) is 3.79. The number of amides is 1. The summed E-state index contributed by atoms with van der Waals surface area (Å²) in [6, 6.07) is 7.99. The minimum absolute atomic E-state index is 0.331. The molecule has 3 rings (SSSR count). The zero-order chi connectivity index (χ0) is 17.8. The first-order valence-electron chi connectivity index (χ1n) is 9.51. The molecule has 0 radical (unpaired) electrons. The Morgan fingerprint density at radius 2 is 1.76 bits per heavy atom. The molecule has 0 spiro atoms. The van der Waals surface area contributed by atoms with Crippen molar-refractivity contribution in [1.29, 1.82) is 0 Å². The number of benzene rings is 1. The maximum Gasteiger partial charge on any atom is 0.300 e. The summed E-state index contributed by atoms with van der Waals surface area (Å²) < 4.78 is 1.09. The van der Waals surface area contributed by atoms with Crippen LogP contribution in [0.3, 0.4) is 0 Å². The van der Waals surface area contributed by atoms with E-state index in [1.54, 1.807) is 4.90 Å². The lowest BCUT2D eigenvalue weighted by Gasteiger charge is -2.21. The number of Topliss-reactive ketones (excluding diaryl/α,β-unsaturated/α-hetero) is 1. The Bertz CT molecular complexity index is 764. The molecule has 25 heavy (non-hydrogen) atoms. The van der Waals surface area contributed by atoms with Crippen molar-refractivity contribution in [3.63, 3.8) is 0 Å². The average Bonchev–Trinajstić information content (AvgIpc) is 3.09. The molecule has 1 aromatic carbocycles. The molecule has 1 amide bonds. The number of hydrogen-bond donors (Lipinski definition) is 0. The van der Waals surface area contributed by atoms with Gasteiger partial charge in [0.05, 0.1) is 5.69 Å². The first-order chi connectivity index (χ1) is 12.1. The Morgan fingerprint density at radius 3 is 2.56 bits per heavy atom. The van der Waals surface area contributed by atoms with Gasteiger partial charge in [0, 0.05) is 16.6 Å². The fourth-order valence-electron chi connectivity index (χ4n) is 3.63. The van der Waals surface area contributed by atoms with Gasteiger partial charge in [-0.1, -0.05) is 70.6 Å². The van der Waals surface area contributed by atoms with Gasteiger partial charge in [0.25, 0.3) is 11.7 Å². The van der Waals surface area contributed by atoms with Gasteiger partial charge < -0.3 is 4.90 Å². The highest BCUT2D eigenvalue weighted by molar-refractivity contribution is 7.22. The number of carbonyl (C=O) groups excluding carboxylic acids is 2. The van der Waals surface area contributed by atoms with E-state index in [-0.39, 0.29) is 11.7 Å². The molecule has 1 atom stereocenters. The number of fused-ring (bicyclic) bond motifs is 3. The van der Waals surface area contributed by atoms with Crippen molar-refractivity contribution in [2.24, 2.45) is 5.92 Å². The molecule has 3 nitrogen and oxygen atoms in total. The molecule has 1 aliphatic heterocycles. The molecule has 1 aliphatic rings. The molecule has 0 saturated carbocycles. The van der Waals surface area contributed by atoms with Crippen LogP contribution in [0.25, 0.3) is 10.1 Å². The molecule has 2 aromatic rings. The van der Waals surface area contributed by atoms with Crippen LogP contribution in [0, 0.1) is 5.92 Å². The summed E-state index contributed by atoms with van der Waals surface area (Å²) in [5, 5.41) is 1.04. The smallest absolute Gasteiger partial charge is 0.300 e. The number of hydrogen-bond acceptors (Lipinski definition) is 3. The van der Waals surface area contributed by atoms with E-state index in [9.17, 15) is 9.59 Å². The van der Waals surface area contributed by atoms with Crippen LogP contribution in [0.4, 0.5) is 5.69 Å². The third-order valence-corrected chi connectivity index (χ3v) is 6.19. The van der Waals surface area contributed by atoms with Gasteiger partial charge in [-0.25, -0.2) is 0 Å². The number of thiophene rings is 1. The molecule has 0 aliphatic carbocycles. The molecule has 0 fully saturated rings. The van der Waals surface area contributed by atoms with E-state index in [2.05, 4.69) is 13.8 Å². The Balaban J connectivity index is 1.63. The molecule has 134 valence electrons. The summed E-state index contributed by atoms with van der Waals surface area (Å²) in [5.74, 6) is -0.266. The maximum atomic E-state index is 12.4. The normalized spacial score (nSPS) is 15.2. The predicted octanol–water partition coefficient (Wildman–Crippen LogP) is 5.82. The van der Waals surface area contributed by atoms with E-state index in [4.69, 9.17) is 0 Å². The summed E-state index contributed by atoms with van der Waals surface area (Å²) >= 11 is 1.45. The molecule has 0 saturated heterocycles. The summed E-state index contributed by atoms with van der Waals surface area (Å²) in [6.07, 6.45) is 8.82. The number of anilines is 1. The lowest BCUT2D eigenvalue weighted by atomic mass is 10.0. The minimum atomic E-state index is -0.346. The summed E-state index contributed by atoms with van der Waals surface area (Å²) in [4.78, 5) is 27.1. The number of unbranched alkanes of at least 4 members (excludes halogenated alkanes) is 5. The topological polar surface area (TPSA) is 37.4 Å². The highest BCUT2D eigenvalue weighted by Crippen LogP contribution is 2.43. The van der Waals surface area contributed by atoms with Gasteiger partial charge >= 0.3 is 0 Å². The van der Waals surface area contributed by atoms with Crippen LogP contribution in [0.15, 0.2) is 24.3 Å². The van der Waals surface area contributed by atoms with Crippen molar-refractivity contribution >= 4 is 38.8 Å². The highest BCUT2D eigenvalue weighted by atomic mass is 32.1. The molecule has 4 heteroatoms. The molecular formula is C21H27NO2S. The first-order valence-corrected chi connectivity index (χ1v) is 10.3. The van der Waals surface area contributed by atoms with E-state index < -0.39 is 0 Å². The van der Waals surface area contributed by atoms with Crippen molar-refractivity contribution in [2.75, 3.05) is 11.4 Å². The van der Waals surface area contributed by atoms with E-state index in [1.807, 2.05) is 24.3 Å². The zero-order valence-electron chi connectivity index (χ0n) is 15.2. The van der Waals surface area contributed by atoms with E-state index in [1.165, 1.54) is 49.9 Å². The fourth-order valence-corrected chi connectivity index (χ4v) is 4.76. The number of carbonyl (C=O) groups is 2. The first kappa shape index (κ1) is 18.1. The molecule has 0 bridgehead atoms. The van der Waals surface area contributed by atoms with Crippen LogP contribution in [-0.4, -0.2) is 18.2 Å². The standard InChI is InChI=1S/C21H27NO2S/c1-3-4-5-6-7-8-11-15(2)14-22-18-16-12-9-10-13-17(16)25-20(18)19(23)21(22)24/h9-10,12-13,15H,3-8,11,14H2,1-2H3. The van der Waals surface area contributed by atoms with Crippen LogP contribution in [0.2, 0.25) is 0 Å². The Hall–Kier alpha value is -1.68. The van der Waals surface area contributed by atoms with Crippen molar-refractivity contribution < 1.29 is 9.59 Å². The molecule has 2 heterocycles. The fraction of sp³-hybridized carbons (Fsp3) is 0.524. The average molecular weight is 358 g/mol. The van der Waals surface area contributed by atoms with Gasteiger partial charge in [0.1, 0.15) is 4.88 Å². The highest BCUT2D eigenvalue weighted by Gasteiger charge is 2.39. The van der Waals surface area contributed by atoms with Gasteiger partial charge in [0.15, 0.2) is 0 Å². The van der Waals surface area contributed by atoms with Crippen molar-refractivity contribution in [3.8, 4) is 0 Å². The van der Waals surface area contributed by atoms with Gasteiger partial charge in [-0.15, -0.1) is 11.3 Å². The van der Waals surface area contributed by atoms with Crippen LogP contribution in [0.5, 0.6) is 0 Å². The van der Waals surface area contributed by atoms with Crippen LogP contribution >= 0.6 is 11.3 Å². The van der Waals surface area contributed by atoms with E-state index in [0.29, 0.717) is 17.3 Å². The summed E-state index contributed by atoms with van der Waals surface area (Å²) in [5.41, 5.74) is 0.852. The van der Waals surface area contributed by atoms with Gasteiger partial charge in [0.2, 0.25) is 0 Å². The zero-order valence-corrected chi connectivity index (χ0v) is 16.0. The molecule has 1 aromatic heterocycles. The second kappa shape index (κ2) is 8.13. The molecule has 1 unspecified atom stereocenters. The Labute approximate surface area is 154 Å². The van der Waals surface area contributed by atoms with E-state index in [0.717, 1.165) is 22.2 Å². The third-order valence-electron chi connectivity index (χ3n) is 5.03. The van der Waals surface area contributed by atoms with Crippen molar-refractivity contribution in [1.82, 2.24) is 0 Å². The second-order valence-electron chi connectivity index (χ2n) is 7.18.